The first-order chi connectivity index (χ1) is 13.0. The van der Waals surface area contributed by atoms with Crippen molar-refractivity contribution in [1.82, 2.24) is 9.72 Å². The van der Waals surface area contributed by atoms with Gasteiger partial charge in [-0.2, -0.15) is 0 Å². The average Bonchev–Trinajstić information content (AvgIpc) is 3.27. The van der Waals surface area contributed by atoms with E-state index in [1.807, 2.05) is 18.2 Å². The maximum atomic E-state index is 12.4. The monoisotopic (exact) mass is 365 g/mol. The Morgan fingerprint density at radius 2 is 2.04 bits per heavy atom. The summed E-state index contributed by atoms with van der Waals surface area (Å²) in [5.41, 5.74) is 2.38. The number of hydrogen-bond donors (Lipinski definition) is 1. The van der Waals surface area contributed by atoms with Gasteiger partial charge in [-0.05, 0) is 24.3 Å². The number of hydrogen-bond acceptors (Lipinski definition) is 6. The van der Waals surface area contributed by atoms with Crippen LogP contribution in [0.3, 0.4) is 0 Å². The molecule has 0 atom stereocenters. The van der Waals surface area contributed by atoms with Gasteiger partial charge in [-0.25, -0.2) is 4.79 Å². The molecule has 0 fully saturated rings. The molecule has 0 saturated carbocycles. The Morgan fingerprint density at radius 3 is 2.85 bits per heavy atom. The Morgan fingerprint density at radius 1 is 1.19 bits per heavy atom. The van der Waals surface area contributed by atoms with Crippen LogP contribution in [-0.2, 0) is 7.05 Å². The van der Waals surface area contributed by atoms with Gasteiger partial charge >= 0.3 is 5.76 Å². The fourth-order valence-electron chi connectivity index (χ4n) is 2.70. The number of carbonyl (C=O) groups is 1. The number of fused-ring (bicyclic) bond motifs is 1. The highest BCUT2D eigenvalue weighted by molar-refractivity contribution is 6.04. The number of carbonyl (C=O) groups excluding carboxylic acids is 1. The quantitative estimate of drug-likeness (QED) is 0.597. The second kappa shape index (κ2) is 6.49. The summed E-state index contributed by atoms with van der Waals surface area (Å²) in [5, 5.41) is 6.53. The van der Waals surface area contributed by atoms with Crippen LogP contribution in [0, 0.1) is 0 Å². The third-order valence-corrected chi connectivity index (χ3v) is 4.15. The normalized spacial score (nSPS) is 10.9. The molecule has 0 aliphatic heterocycles. The number of amides is 1. The Balaban J connectivity index is 1.57. The third-order valence-electron chi connectivity index (χ3n) is 4.15. The molecule has 27 heavy (non-hydrogen) atoms. The van der Waals surface area contributed by atoms with Gasteiger partial charge in [-0.3, -0.25) is 9.36 Å². The predicted octanol–water partition coefficient (Wildman–Crippen LogP) is 3.05. The Kier molecular flexibility index (Phi) is 4.00. The summed E-state index contributed by atoms with van der Waals surface area (Å²) in [7, 11) is 3.19. The van der Waals surface area contributed by atoms with Crippen LogP contribution in [0.2, 0.25) is 0 Å². The van der Waals surface area contributed by atoms with Crippen molar-refractivity contribution >= 4 is 22.7 Å². The number of aryl methyl sites for hydroxylation is 1. The van der Waals surface area contributed by atoms with E-state index in [-0.39, 0.29) is 5.69 Å². The predicted molar refractivity (Wildman–Crippen MR) is 97.9 cm³/mol. The number of nitrogens with one attached hydrogen (secondary N) is 1. The van der Waals surface area contributed by atoms with E-state index >= 15 is 0 Å². The molecule has 1 N–H and O–H groups in total. The molecule has 0 bridgehead atoms. The smallest absolute Gasteiger partial charge is 0.419 e. The molecular weight excluding hydrogens is 350 g/mol. The van der Waals surface area contributed by atoms with Gasteiger partial charge in [0.2, 0.25) is 0 Å². The van der Waals surface area contributed by atoms with E-state index in [1.54, 1.807) is 44.5 Å². The zero-order chi connectivity index (χ0) is 19.0. The number of aromatic nitrogens is 2. The van der Waals surface area contributed by atoms with E-state index in [1.165, 1.54) is 4.57 Å². The van der Waals surface area contributed by atoms with E-state index in [0.717, 1.165) is 5.56 Å². The van der Waals surface area contributed by atoms with Crippen LogP contribution in [0.15, 0.2) is 62.3 Å². The van der Waals surface area contributed by atoms with Crippen molar-refractivity contribution in [2.24, 2.45) is 7.05 Å². The van der Waals surface area contributed by atoms with Gasteiger partial charge in [0.05, 0.1) is 12.6 Å². The Labute approximate surface area is 152 Å². The van der Waals surface area contributed by atoms with Gasteiger partial charge < -0.3 is 19.0 Å². The van der Waals surface area contributed by atoms with Crippen molar-refractivity contribution in [2.45, 2.75) is 0 Å². The number of nitrogens with zero attached hydrogens (tertiary/aromatic N) is 2. The van der Waals surface area contributed by atoms with Crippen molar-refractivity contribution in [3.63, 3.8) is 0 Å². The van der Waals surface area contributed by atoms with Crippen LogP contribution < -0.4 is 15.8 Å². The lowest BCUT2D eigenvalue weighted by Gasteiger charge is -2.02. The summed E-state index contributed by atoms with van der Waals surface area (Å²) in [5.74, 6) is 0.217. The molecule has 0 aliphatic rings. The maximum Gasteiger partial charge on any atom is 0.419 e. The highest BCUT2D eigenvalue weighted by Gasteiger charge is 2.15. The number of methoxy groups -OCH3 is 1. The highest BCUT2D eigenvalue weighted by atomic mass is 16.5. The molecule has 0 unspecified atom stereocenters. The molecule has 2 aromatic heterocycles. The lowest BCUT2D eigenvalue weighted by Crippen LogP contribution is -2.12. The summed E-state index contributed by atoms with van der Waals surface area (Å²) in [6, 6.07) is 13.7. The van der Waals surface area contributed by atoms with E-state index in [2.05, 4.69) is 10.5 Å². The van der Waals surface area contributed by atoms with Crippen LogP contribution in [0.4, 0.5) is 5.69 Å². The molecule has 2 aromatic carbocycles. The molecule has 1 amide bonds. The summed E-state index contributed by atoms with van der Waals surface area (Å²) in [6.45, 7) is 0. The van der Waals surface area contributed by atoms with Crippen LogP contribution in [0.5, 0.6) is 5.75 Å². The standard InChI is InChI=1S/C19H15N3O5/c1-22-15-7-6-12(9-17(15)26-19(22)24)20-18(23)14-10-16(27-21-14)11-4-3-5-13(8-11)25-2/h3-10H,1-2H3,(H,20,23). The summed E-state index contributed by atoms with van der Waals surface area (Å²) < 4.78 is 17.0. The maximum absolute atomic E-state index is 12.4. The van der Waals surface area contributed by atoms with E-state index in [0.29, 0.717) is 28.3 Å². The van der Waals surface area contributed by atoms with E-state index < -0.39 is 11.7 Å². The van der Waals surface area contributed by atoms with Crippen molar-refractivity contribution in [3.05, 3.63) is 64.8 Å². The Hall–Kier alpha value is -3.81. The molecule has 0 radical (unpaired) electrons. The molecule has 0 spiro atoms. The molecular formula is C19H15N3O5. The second-order valence-corrected chi connectivity index (χ2v) is 5.87. The first-order valence-electron chi connectivity index (χ1n) is 8.07. The van der Waals surface area contributed by atoms with Crippen molar-refractivity contribution in [1.29, 1.82) is 0 Å². The largest absolute Gasteiger partial charge is 0.497 e. The van der Waals surface area contributed by atoms with E-state index in [9.17, 15) is 9.59 Å². The van der Waals surface area contributed by atoms with Crippen molar-refractivity contribution in [2.75, 3.05) is 12.4 Å². The SMILES string of the molecule is COc1cccc(-c2cc(C(=O)Nc3ccc4c(c3)oc(=O)n4C)no2)c1. The van der Waals surface area contributed by atoms with Gasteiger partial charge in [0.15, 0.2) is 17.0 Å². The van der Waals surface area contributed by atoms with Crippen molar-refractivity contribution < 1.29 is 18.5 Å². The summed E-state index contributed by atoms with van der Waals surface area (Å²) in [4.78, 5) is 24.0. The summed E-state index contributed by atoms with van der Waals surface area (Å²) >= 11 is 0. The zero-order valence-corrected chi connectivity index (χ0v) is 14.6. The topological polar surface area (TPSA) is 99.5 Å². The Bertz CT molecular complexity index is 1200. The second-order valence-electron chi connectivity index (χ2n) is 5.87. The molecule has 4 rings (SSSR count). The molecule has 2 heterocycles. The minimum absolute atomic E-state index is 0.127. The van der Waals surface area contributed by atoms with Crippen LogP contribution in [-0.4, -0.2) is 22.7 Å². The number of anilines is 1. The van der Waals surface area contributed by atoms with Crippen LogP contribution in [0.25, 0.3) is 22.4 Å². The minimum Gasteiger partial charge on any atom is -0.497 e. The average molecular weight is 365 g/mol. The molecule has 136 valence electrons. The van der Waals surface area contributed by atoms with E-state index in [4.69, 9.17) is 13.7 Å². The number of rotatable bonds is 4. The van der Waals surface area contributed by atoms with Crippen LogP contribution in [0.1, 0.15) is 10.5 Å². The number of ether oxygens (including phenoxy) is 1. The van der Waals surface area contributed by atoms with Crippen molar-refractivity contribution in [3.8, 4) is 17.1 Å². The minimum atomic E-state index is -0.465. The first-order valence-corrected chi connectivity index (χ1v) is 8.07. The highest BCUT2D eigenvalue weighted by Crippen LogP contribution is 2.25. The lowest BCUT2D eigenvalue weighted by molar-refractivity contribution is 0.101. The van der Waals surface area contributed by atoms with Gasteiger partial charge in [-0.15, -0.1) is 0 Å². The zero-order valence-electron chi connectivity index (χ0n) is 14.6. The fraction of sp³-hybridized carbons (Fsp3) is 0.105. The van der Waals surface area contributed by atoms with Gasteiger partial charge in [0.1, 0.15) is 5.75 Å². The summed E-state index contributed by atoms with van der Waals surface area (Å²) in [6.07, 6.45) is 0. The van der Waals surface area contributed by atoms with Gasteiger partial charge in [0.25, 0.3) is 5.91 Å². The third kappa shape index (κ3) is 3.08. The molecule has 4 aromatic rings. The lowest BCUT2D eigenvalue weighted by atomic mass is 10.1. The van der Waals surface area contributed by atoms with Crippen LogP contribution >= 0.6 is 0 Å². The van der Waals surface area contributed by atoms with Gasteiger partial charge in [-0.1, -0.05) is 17.3 Å². The molecule has 8 nitrogen and oxygen atoms in total. The van der Waals surface area contributed by atoms with Gasteiger partial charge in [0, 0.05) is 30.4 Å². The fourth-order valence-corrected chi connectivity index (χ4v) is 2.70. The molecule has 0 saturated heterocycles. The molecule has 8 heteroatoms. The number of oxazole rings is 1. The number of benzene rings is 2. The molecule has 0 aliphatic carbocycles. The first kappa shape index (κ1) is 16.6.